The number of fused-ring (bicyclic) bond motifs is 6. The maximum Gasteiger partial charge on any atom is 0.0639 e. The standard InChI is InChI=1S/C26H23N2.Ir/c1-15-10-18(4)25(19(5)11-15)24-14-27-26-21-9-7-6-8-20(21)22-12-16(2)17(3)13-23(22)28(24)26;/h6-8,10-14H,1-5H3;/q-1;. The number of rotatable bonds is 1. The molecule has 2 nitrogen and oxygen atoms in total. The number of hydrogen-bond acceptors (Lipinski definition) is 1. The quantitative estimate of drug-likeness (QED) is 0.167. The number of aryl methyl sites for hydroxylation is 5. The van der Waals surface area contributed by atoms with Crippen molar-refractivity contribution in [2.45, 2.75) is 34.6 Å². The SMILES string of the molecule is Cc1cc(C)c(-c2cnc3c4[c-]cccc4c4cc(C)c(C)cc4n23)c(C)c1.[Ir]. The van der Waals surface area contributed by atoms with Gasteiger partial charge in [0, 0.05) is 37.4 Å². The molecule has 0 atom stereocenters. The van der Waals surface area contributed by atoms with Gasteiger partial charge < -0.3 is 4.40 Å². The summed E-state index contributed by atoms with van der Waals surface area (Å²) >= 11 is 0. The van der Waals surface area contributed by atoms with Gasteiger partial charge in [-0.2, -0.15) is 0 Å². The van der Waals surface area contributed by atoms with Crippen molar-refractivity contribution in [3.05, 3.63) is 82.5 Å². The first kappa shape index (κ1) is 19.8. The van der Waals surface area contributed by atoms with E-state index in [1.165, 1.54) is 49.7 Å². The van der Waals surface area contributed by atoms with E-state index >= 15 is 0 Å². The first-order chi connectivity index (χ1) is 13.5. The van der Waals surface area contributed by atoms with Gasteiger partial charge in [-0.1, -0.05) is 29.1 Å². The third-order valence-electron chi connectivity index (χ3n) is 5.92. The van der Waals surface area contributed by atoms with Gasteiger partial charge in [-0.05, 0) is 68.3 Å². The fraction of sp³-hybridized carbons (Fsp3) is 0.192. The van der Waals surface area contributed by atoms with Crippen LogP contribution in [0.2, 0.25) is 0 Å². The summed E-state index contributed by atoms with van der Waals surface area (Å²) in [5, 5.41) is 3.54. The average molecular weight is 556 g/mol. The number of benzene rings is 3. The zero-order valence-electron chi connectivity index (χ0n) is 17.3. The normalized spacial score (nSPS) is 11.3. The second kappa shape index (κ2) is 7.09. The summed E-state index contributed by atoms with van der Waals surface area (Å²) in [6.45, 7) is 10.9. The van der Waals surface area contributed by atoms with Crippen LogP contribution in [0.15, 0.2) is 48.7 Å². The molecule has 0 aliphatic rings. The minimum atomic E-state index is 0. The summed E-state index contributed by atoms with van der Waals surface area (Å²) in [4.78, 5) is 4.86. The zero-order valence-corrected chi connectivity index (χ0v) is 19.7. The Kier molecular flexibility index (Phi) is 4.85. The molecule has 0 bridgehead atoms. The number of hydrogen-bond donors (Lipinski definition) is 0. The molecule has 5 rings (SSSR count). The van der Waals surface area contributed by atoms with Gasteiger partial charge in [0.05, 0.1) is 11.3 Å². The predicted molar refractivity (Wildman–Crippen MR) is 118 cm³/mol. The average Bonchev–Trinajstić information content (AvgIpc) is 3.07. The first-order valence-corrected chi connectivity index (χ1v) is 9.74. The molecule has 0 aliphatic heterocycles. The van der Waals surface area contributed by atoms with Gasteiger partial charge in [-0.25, -0.2) is 0 Å². The summed E-state index contributed by atoms with van der Waals surface area (Å²) in [5.74, 6) is 0. The summed E-state index contributed by atoms with van der Waals surface area (Å²) < 4.78 is 2.32. The first-order valence-electron chi connectivity index (χ1n) is 9.74. The number of nitrogens with zero attached hydrogens (tertiary/aromatic N) is 2. The van der Waals surface area contributed by atoms with Crippen molar-refractivity contribution >= 4 is 27.3 Å². The van der Waals surface area contributed by atoms with Crippen LogP contribution in [0.25, 0.3) is 38.6 Å². The molecule has 0 aliphatic carbocycles. The Morgan fingerprint density at radius 2 is 1.52 bits per heavy atom. The Morgan fingerprint density at radius 1 is 0.828 bits per heavy atom. The van der Waals surface area contributed by atoms with Crippen LogP contribution in [0, 0.1) is 40.7 Å². The van der Waals surface area contributed by atoms with Crippen LogP contribution in [0.3, 0.4) is 0 Å². The second-order valence-electron chi connectivity index (χ2n) is 7.99. The van der Waals surface area contributed by atoms with E-state index in [9.17, 15) is 0 Å². The maximum atomic E-state index is 4.86. The fourth-order valence-electron chi connectivity index (χ4n) is 4.58. The second-order valence-corrected chi connectivity index (χ2v) is 7.99. The van der Waals surface area contributed by atoms with Crippen LogP contribution >= 0.6 is 0 Å². The summed E-state index contributed by atoms with van der Waals surface area (Å²) in [6.07, 6.45) is 2.02. The minimum absolute atomic E-state index is 0. The van der Waals surface area contributed by atoms with Gasteiger partial charge >= 0.3 is 0 Å². The summed E-state index contributed by atoms with van der Waals surface area (Å²) in [6, 6.07) is 18.8. The number of pyridine rings is 1. The van der Waals surface area contributed by atoms with E-state index in [0.717, 1.165) is 16.7 Å². The molecule has 147 valence electrons. The van der Waals surface area contributed by atoms with Gasteiger partial charge in [0.25, 0.3) is 0 Å². The van der Waals surface area contributed by atoms with Crippen molar-refractivity contribution in [3.63, 3.8) is 0 Å². The van der Waals surface area contributed by atoms with Crippen molar-refractivity contribution in [1.82, 2.24) is 9.38 Å². The van der Waals surface area contributed by atoms with Crippen LogP contribution in [0.5, 0.6) is 0 Å². The van der Waals surface area contributed by atoms with Crippen molar-refractivity contribution < 1.29 is 20.1 Å². The summed E-state index contributed by atoms with van der Waals surface area (Å²) in [5.41, 5.74) is 11.1. The molecule has 3 heteroatoms. The predicted octanol–water partition coefficient (Wildman–Crippen LogP) is 6.65. The van der Waals surface area contributed by atoms with Crippen LogP contribution in [-0.2, 0) is 20.1 Å². The molecule has 0 saturated carbocycles. The monoisotopic (exact) mass is 556 g/mol. The molecular formula is C26H23IrN2-. The third kappa shape index (κ3) is 2.92. The Hall–Kier alpha value is -2.48. The molecule has 2 heterocycles. The molecule has 0 unspecified atom stereocenters. The fourth-order valence-corrected chi connectivity index (χ4v) is 4.58. The molecule has 0 N–H and O–H groups in total. The van der Waals surface area contributed by atoms with E-state index < -0.39 is 0 Å². The van der Waals surface area contributed by atoms with Gasteiger partial charge in [0.15, 0.2) is 0 Å². The van der Waals surface area contributed by atoms with Crippen molar-refractivity contribution in [3.8, 4) is 11.3 Å². The molecule has 0 amide bonds. The van der Waals surface area contributed by atoms with Crippen LogP contribution in [-0.4, -0.2) is 9.38 Å². The largest absolute Gasteiger partial charge is 0.333 e. The Bertz CT molecular complexity index is 1390. The van der Waals surface area contributed by atoms with Gasteiger partial charge in [0.2, 0.25) is 0 Å². The van der Waals surface area contributed by atoms with E-state index in [2.05, 4.69) is 81.5 Å². The maximum absolute atomic E-state index is 4.86. The van der Waals surface area contributed by atoms with E-state index in [1.54, 1.807) is 0 Å². The van der Waals surface area contributed by atoms with Crippen LogP contribution in [0.1, 0.15) is 27.8 Å². The Morgan fingerprint density at radius 3 is 2.24 bits per heavy atom. The smallest absolute Gasteiger partial charge is 0.0639 e. The number of imidazole rings is 1. The minimum Gasteiger partial charge on any atom is -0.333 e. The Balaban J connectivity index is 0.00000205. The van der Waals surface area contributed by atoms with Gasteiger partial charge in [-0.3, -0.25) is 4.98 Å². The molecule has 5 aromatic rings. The van der Waals surface area contributed by atoms with Gasteiger partial charge in [0.1, 0.15) is 0 Å². The molecule has 3 aromatic carbocycles. The molecule has 1 radical (unpaired) electrons. The van der Waals surface area contributed by atoms with Crippen molar-refractivity contribution in [2.75, 3.05) is 0 Å². The van der Waals surface area contributed by atoms with Crippen molar-refractivity contribution in [1.29, 1.82) is 0 Å². The molecule has 2 aromatic heterocycles. The van der Waals surface area contributed by atoms with Crippen LogP contribution in [0.4, 0.5) is 0 Å². The molecule has 0 spiro atoms. The summed E-state index contributed by atoms with van der Waals surface area (Å²) in [7, 11) is 0. The molecule has 0 saturated heterocycles. The van der Waals surface area contributed by atoms with E-state index in [1.807, 2.05) is 12.3 Å². The molecule has 29 heavy (non-hydrogen) atoms. The van der Waals surface area contributed by atoms with E-state index in [4.69, 9.17) is 4.98 Å². The molecule has 0 fully saturated rings. The van der Waals surface area contributed by atoms with E-state index in [-0.39, 0.29) is 20.1 Å². The van der Waals surface area contributed by atoms with Crippen LogP contribution < -0.4 is 0 Å². The number of aromatic nitrogens is 2. The Labute approximate surface area is 184 Å². The van der Waals surface area contributed by atoms with Gasteiger partial charge in [-0.15, -0.1) is 29.7 Å². The van der Waals surface area contributed by atoms with E-state index in [0.29, 0.717) is 0 Å². The zero-order chi connectivity index (χ0) is 19.6. The van der Waals surface area contributed by atoms with Crippen molar-refractivity contribution in [2.24, 2.45) is 0 Å². The topological polar surface area (TPSA) is 17.3 Å². The third-order valence-corrected chi connectivity index (χ3v) is 5.92. The molecular weight excluding hydrogens is 533 g/mol.